The Morgan fingerprint density at radius 2 is 2.13 bits per heavy atom. The van der Waals surface area contributed by atoms with Gasteiger partial charge in [-0.1, -0.05) is 0 Å². The average Bonchev–Trinajstić information content (AvgIpc) is 2.96. The van der Waals surface area contributed by atoms with Crippen LogP contribution < -0.4 is 11.1 Å². The van der Waals surface area contributed by atoms with Crippen LogP contribution in [0.2, 0.25) is 0 Å². The van der Waals surface area contributed by atoms with Crippen LogP contribution in [-0.2, 0) is 9.53 Å². The Morgan fingerprint density at radius 1 is 1.33 bits per heavy atom. The number of amides is 1. The highest BCUT2D eigenvalue weighted by atomic mass is 16.5. The Morgan fingerprint density at radius 3 is 2.73 bits per heavy atom. The molecule has 0 heterocycles. The Hall–Kier alpha value is -0.610. The molecule has 0 aliphatic heterocycles. The molecule has 0 aromatic rings. The van der Waals surface area contributed by atoms with Crippen LogP contribution in [0.1, 0.15) is 32.1 Å². The summed E-state index contributed by atoms with van der Waals surface area (Å²) in [4.78, 5) is 11.4. The molecule has 0 aromatic carbocycles. The maximum atomic E-state index is 11.4. The second kappa shape index (κ2) is 4.94. The van der Waals surface area contributed by atoms with Crippen LogP contribution in [0, 0.1) is 5.92 Å². The first-order valence-corrected chi connectivity index (χ1v) is 5.89. The zero-order valence-electron chi connectivity index (χ0n) is 9.08. The Labute approximate surface area is 90.5 Å². The van der Waals surface area contributed by atoms with Gasteiger partial charge in [-0.05, 0) is 38.0 Å². The molecule has 86 valence electrons. The van der Waals surface area contributed by atoms with Crippen molar-refractivity contribution in [2.24, 2.45) is 11.7 Å². The summed E-state index contributed by atoms with van der Waals surface area (Å²) < 4.78 is 5.49. The molecule has 4 heteroatoms. The number of rotatable bonds is 5. The molecule has 2 fully saturated rings. The molecule has 0 bridgehead atoms. The fourth-order valence-electron chi connectivity index (χ4n) is 1.98. The Kier molecular flexibility index (Phi) is 3.59. The molecule has 2 aliphatic carbocycles. The summed E-state index contributed by atoms with van der Waals surface area (Å²) >= 11 is 0. The monoisotopic (exact) mass is 212 g/mol. The van der Waals surface area contributed by atoms with Crippen molar-refractivity contribution in [3.8, 4) is 0 Å². The number of nitrogens with one attached hydrogen (secondary N) is 1. The smallest absolute Gasteiger partial charge is 0.246 e. The van der Waals surface area contributed by atoms with Crippen molar-refractivity contribution in [1.82, 2.24) is 5.32 Å². The Balaban J connectivity index is 1.57. The van der Waals surface area contributed by atoms with Crippen molar-refractivity contribution in [2.75, 3.05) is 13.2 Å². The van der Waals surface area contributed by atoms with Gasteiger partial charge in [0.1, 0.15) is 6.61 Å². The first-order chi connectivity index (χ1) is 7.25. The van der Waals surface area contributed by atoms with E-state index >= 15 is 0 Å². The normalized spacial score (nSPS) is 30.5. The molecule has 0 spiro atoms. The van der Waals surface area contributed by atoms with Crippen LogP contribution in [0.25, 0.3) is 0 Å². The summed E-state index contributed by atoms with van der Waals surface area (Å²) in [6, 6.07) is 0.126. The van der Waals surface area contributed by atoms with Gasteiger partial charge in [0.25, 0.3) is 0 Å². The lowest BCUT2D eigenvalue weighted by Crippen LogP contribution is -2.36. The molecule has 4 nitrogen and oxygen atoms in total. The largest absolute Gasteiger partial charge is 0.367 e. The number of carbonyl (C=O) groups excluding carboxylic acids is 1. The third-order valence-electron chi connectivity index (χ3n) is 3.22. The third kappa shape index (κ3) is 3.47. The van der Waals surface area contributed by atoms with Crippen LogP contribution >= 0.6 is 0 Å². The lowest BCUT2D eigenvalue weighted by atomic mass is 10.2. The summed E-state index contributed by atoms with van der Waals surface area (Å²) in [7, 11) is 0. The van der Waals surface area contributed by atoms with Gasteiger partial charge in [0, 0.05) is 12.6 Å². The van der Waals surface area contributed by atoms with Crippen molar-refractivity contribution >= 4 is 5.91 Å². The quantitative estimate of drug-likeness (QED) is 0.693. The van der Waals surface area contributed by atoms with E-state index in [4.69, 9.17) is 10.5 Å². The van der Waals surface area contributed by atoms with Gasteiger partial charge in [0.15, 0.2) is 0 Å². The molecule has 2 saturated carbocycles. The molecule has 2 aliphatic rings. The molecule has 15 heavy (non-hydrogen) atoms. The SMILES string of the molecule is NC1CCCC1OCC(=O)NCC1CC1. The van der Waals surface area contributed by atoms with Crippen LogP contribution in [-0.4, -0.2) is 31.2 Å². The summed E-state index contributed by atoms with van der Waals surface area (Å²) in [6.07, 6.45) is 5.75. The zero-order chi connectivity index (χ0) is 10.7. The maximum Gasteiger partial charge on any atom is 0.246 e. The summed E-state index contributed by atoms with van der Waals surface area (Å²) in [5.41, 5.74) is 5.84. The van der Waals surface area contributed by atoms with Crippen molar-refractivity contribution in [1.29, 1.82) is 0 Å². The second-order valence-electron chi connectivity index (χ2n) is 4.69. The standard InChI is InChI=1S/C11H20N2O2/c12-9-2-1-3-10(9)15-7-11(14)13-6-8-4-5-8/h8-10H,1-7,12H2,(H,13,14). The second-order valence-corrected chi connectivity index (χ2v) is 4.69. The molecule has 2 unspecified atom stereocenters. The van der Waals surface area contributed by atoms with Crippen molar-refractivity contribution in [2.45, 2.75) is 44.2 Å². The van der Waals surface area contributed by atoms with Crippen LogP contribution in [0.5, 0.6) is 0 Å². The maximum absolute atomic E-state index is 11.4. The minimum atomic E-state index is 0.000926. The first kappa shape index (κ1) is 10.9. The molecule has 2 rings (SSSR count). The van der Waals surface area contributed by atoms with Gasteiger partial charge < -0.3 is 15.8 Å². The fraction of sp³-hybridized carbons (Fsp3) is 0.909. The number of ether oxygens (including phenoxy) is 1. The number of hydrogen-bond acceptors (Lipinski definition) is 3. The van der Waals surface area contributed by atoms with Gasteiger partial charge in [-0.3, -0.25) is 4.79 Å². The van der Waals surface area contributed by atoms with E-state index < -0.39 is 0 Å². The van der Waals surface area contributed by atoms with Gasteiger partial charge in [0.2, 0.25) is 5.91 Å². The molecular formula is C11H20N2O2. The predicted octanol–water partition coefficient (Wildman–Crippen LogP) is 0.409. The average molecular weight is 212 g/mol. The predicted molar refractivity (Wildman–Crippen MR) is 57.3 cm³/mol. The summed E-state index contributed by atoms with van der Waals surface area (Å²) in [6.45, 7) is 0.990. The van der Waals surface area contributed by atoms with E-state index in [9.17, 15) is 4.79 Å². The molecular weight excluding hydrogens is 192 g/mol. The highest BCUT2D eigenvalue weighted by molar-refractivity contribution is 5.77. The van der Waals surface area contributed by atoms with Gasteiger partial charge in [0.05, 0.1) is 6.10 Å². The third-order valence-corrected chi connectivity index (χ3v) is 3.22. The topological polar surface area (TPSA) is 64.3 Å². The number of nitrogens with two attached hydrogens (primary N) is 1. The molecule has 3 N–H and O–H groups in total. The number of carbonyl (C=O) groups is 1. The molecule has 2 atom stereocenters. The number of hydrogen-bond donors (Lipinski definition) is 2. The minimum Gasteiger partial charge on any atom is -0.367 e. The van der Waals surface area contributed by atoms with E-state index in [1.165, 1.54) is 12.8 Å². The minimum absolute atomic E-state index is 0.000926. The van der Waals surface area contributed by atoms with E-state index in [0.29, 0.717) is 0 Å². The first-order valence-electron chi connectivity index (χ1n) is 5.89. The van der Waals surface area contributed by atoms with Crippen molar-refractivity contribution in [3.63, 3.8) is 0 Å². The van der Waals surface area contributed by atoms with Gasteiger partial charge in [-0.25, -0.2) is 0 Å². The molecule has 0 aromatic heterocycles. The lowest BCUT2D eigenvalue weighted by molar-refractivity contribution is -0.127. The van der Waals surface area contributed by atoms with E-state index in [1.54, 1.807) is 0 Å². The van der Waals surface area contributed by atoms with E-state index in [2.05, 4.69) is 5.32 Å². The van der Waals surface area contributed by atoms with Crippen molar-refractivity contribution in [3.05, 3.63) is 0 Å². The van der Waals surface area contributed by atoms with E-state index in [-0.39, 0.29) is 24.7 Å². The van der Waals surface area contributed by atoms with Crippen LogP contribution in [0.4, 0.5) is 0 Å². The van der Waals surface area contributed by atoms with Gasteiger partial charge in [-0.15, -0.1) is 0 Å². The van der Waals surface area contributed by atoms with E-state index in [0.717, 1.165) is 31.7 Å². The fourth-order valence-corrected chi connectivity index (χ4v) is 1.98. The van der Waals surface area contributed by atoms with Crippen LogP contribution in [0.3, 0.4) is 0 Å². The molecule has 0 radical (unpaired) electrons. The summed E-state index contributed by atoms with van der Waals surface area (Å²) in [5, 5.41) is 2.88. The van der Waals surface area contributed by atoms with Crippen molar-refractivity contribution < 1.29 is 9.53 Å². The van der Waals surface area contributed by atoms with Crippen LogP contribution in [0.15, 0.2) is 0 Å². The van der Waals surface area contributed by atoms with E-state index in [1.807, 2.05) is 0 Å². The highest BCUT2D eigenvalue weighted by Crippen LogP contribution is 2.27. The van der Waals surface area contributed by atoms with Gasteiger partial charge >= 0.3 is 0 Å². The highest BCUT2D eigenvalue weighted by Gasteiger charge is 2.25. The zero-order valence-corrected chi connectivity index (χ0v) is 9.08. The molecule has 0 saturated heterocycles. The molecule has 1 amide bonds. The Bertz CT molecular complexity index is 229. The van der Waals surface area contributed by atoms with Gasteiger partial charge in [-0.2, -0.15) is 0 Å². The lowest BCUT2D eigenvalue weighted by Gasteiger charge is -2.15. The summed E-state index contributed by atoms with van der Waals surface area (Å²) in [5.74, 6) is 0.726.